The van der Waals surface area contributed by atoms with Gasteiger partial charge in [-0.15, -0.1) is 0 Å². The molecular weight excluding hydrogens is 511 g/mol. The fourth-order valence-electron chi connectivity index (χ4n) is 5.82. The van der Waals surface area contributed by atoms with E-state index in [1.807, 2.05) is 91.0 Å². The number of halogens is 1. The average Bonchev–Trinajstić information content (AvgIpc) is 3.53. The highest BCUT2D eigenvalue weighted by Crippen LogP contribution is 2.30. The standard InChI is InChI=1S/C36H37FN2O2/c37-33-23-13-10-20-30(33)26-39(34(24-27-14-4-1-5-15-27)36(41)38-31-21-11-12-22-31)35(40)25-32(28-16-6-2-7-17-28)29-18-8-3-9-19-29/h1-10,13-20,23,31-32,34H,11-12,21-22,24-26H2,(H,38,41). The Kier molecular flexibility index (Phi) is 9.58. The number of rotatable bonds is 11. The van der Waals surface area contributed by atoms with Crippen molar-refractivity contribution in [3.8, 4) is 0 Å². The quantitative estimate of drug-likeness (QED) is 0.218. The van der Waals surface area contributed by atoms with Crippen LogP contribution < -0.4 is 5.32 Å². The van der Waals surface area contributed by atoms with E-state index in [0.29, 0.717) is 12.0 Å². The zero-order valence-corrected chi connectivity index (χ0v) is 23.3. The first-order chi connectivity index (χ1) is 20.1. The molecule has 1 saturated carbocycles. The van der Waals surface area contributed by atoms with Gasteiger partial charge in [-0.25, -0.2) is 4.39 Å². The molecule has 1 aliphatic carbocycles. The molecule has 0 spiro atoms. The van der Waals surface area contributed by atoms with Gasteiger partial charge in [-0.1, -0.05) is 122 Å². The lowest BCUT2D eigenvalue weighted by Gasteiger charge is -2.33. The predicted octanol–water partition coefficient (Wildman–Crippen LogP) is 7.05. The van der Waals surface area contributed by atoms with Crippen molar-refractivity contribution in [2.45, 2.75) is 63.1 Å². The maximum Gasteiger partial charge on any atom is 0.243 e. The van der Waals surface area contributed by atoms with E-state index < -0.39 is 6.04 Å². The summed E-state index contributed by atoms with van der Waals surface area (Å²) in [6, 6.07) is 35.5. The summed E-state index contributed by atoms with van der Waals surface area (Å²) in [4.78, 5) is 30.0. The second-order valence-electron chi connectivity index (χ2n) is 10.9. The monoisotopic (exact) mass is 548 g/mol. The predicted molar refractivity (Wildman–Crippen MR) is 161 cm³/mol. The Morgan fingerprint density at radius 2 is 1.29 bits per heavy atom. The summed E-state index contributed by atoms with van der Waals surface area (Å²) < 4.78 is 15.0. The molecular formula is C36H37FN2O2. The Hall–Kier alpha value is -4.25. The van der Waals surface area contributed by atoms with Gasteiger partial charge in [-0.2, -0.15) is 0 Å². The molecule has 1 aliphatic rings. The van der Waals surface area contributed by atoms with Gasteiger partial charge < -0.3 is 10.2 Å². The van der Waals surface area contributed by atoms with Crippen LogP contribution in [0.1, 0.15) is 60.3 Å². The van der Waals surface area contributed by atoms with Gasteiger partial charge in [0.25, 0.3) is 0 Å². The highest BCUT2D eigenvalue weighted by Gasteiger charge is 2.34. The third kappa shape index (κ3) is 7.49. The summed E-state index contributed by atoms with van der Waals surface area (Å²) in [5, 5.41) is 3.23. The molecule has 0 aromatic heterocycles. The minimum atomic E-state index is -0.780. The normalized spacial score (nSPS) is 14.1. The second-order valence-corrected chi connectivity index (χ2v) is 10.9. The first-order valence-corrected chi connectivity index (χ1v) is 14.6. The Morgan fingerprint density at radius 1 is 0.756 bits per heavy atom. The van der Waals surface area contributed by atoms with Crippen LogP contribution in [0.15, 0.2) is 115 Å². The van der Waals surface area contributed by atoms with Crippen molar-refractivity contribution in [2.24, 2.45) is 0 Å². The van der Waals surface area contributed by atoms with E-state index in [-0.39, 0.29) is 42.6 Å². The van der Waals surface area contributed by atoms with Gasteiger partial charge in [0.15, 0.2) is 0 Å². The molecule has 2 amide bonds. The Morgan fingerprint density at radius 3 is 1.88 bits per heavy atom. The average molecular weight is 549 g/mol. The minimum absolute atomic E-state index is 0.0113. The molecule has 1 unspecified atom stereocenters. The Labute approximate surface area is 242 Å². The van der Waals surface area contributed by atoms with Crippen LogP contribution >= 0.6 is 0 Å². The molecule has 0 radical (unpaired) electrons. The summed E-state index contributed by atoms with van der Waals surface area (Å²) in [5.41, 5.74) is 3.39. The summed E-state index contributed by atoms with van der Waals surface area (Å²) in [6.45, 7) is 0.0113. The number of hydrogen-bond donors (Lipinski definition) is 1. The molecule has 1 fully saturated rings. The molecule has 0 bridgehead atoms. The number of carbonyl (C=O) groups excluding carboxylic acids is 2. The van der Waals surface area contributed by atoms with Crippen LogP contribution in [0.2, 0.25) is 0 Å². The van der Waals surface area contributed by atoms with E-state index >= 15 is 0 Å². The molecule has 41 heavy (non-hydrogen) atoms. The summed E-state index contributed by atoms with van der Waals surface area (Å²) in [5.74, 6) is -0.958. The topological polar surface area (TPSA) is 49.4 Å². The lowest BCUT2D eigenvalue weighted by atomic mass is 9.87. The number of nitrogens with zero attached hydrogens (tertiary/aromatic N) is 1. The molecule has 5 heteroatoms. The van der Waals surface area contributed by atoms with Crippen LogP contribution in [-0.4, -0.2) is 28.8 Å². The lowest BCUT2D eigenvalue weighted by molar-refractivity contribution is -0.141. The van der Waals surface area contributed by atoms with Crippen LogP contribution in [0.3, 0.4) is 0 Å². The molecule has 1 atom stereocenters. The van der Waals surface area contributed by atoms with Crippen molar-refractivity contribution in [3.05, 3.63) is 143 Å². The van der Waals surface area contributed by atoms with E-state index in [4.69, 9.17) is 0 Å². The van der Waals surface area contributed by atoms with Crippen molar-refractivity contribution >= 4 is 11.8 Å². The van der Waals surface area contributed by atoms with Crippen LogP contribution in [0.25, 0.3) is 0 Å². The van der Waals surface area contributed by atoms with Crippen LogP contribution in [0.4, 0.5) is 4.39 Å². The number of amides is 2. The summed E-state index contributed by atoms with van der Waals surface area (Å²) in [6.07, 6.45) is 4.56. The molecule has 4 aromatic carbocycles. The van der Waals surface area contributed by atoms with Gasteiger partial charge in [-0.05, 0) is 35.6 Å². The number of benzene rings is 4. The molecule has 4 nitrogen and oxygen atoms in total. The van der Waals surface area contributed by atoms with Crippen molar-refractivity contribution in [3.63, 3.8) is 0 Å². The summed E-state index contributed by atoms with van der Waals surface area (Å²) >= 11 is 0. The molecule has 0 aliphatic heterocycles. The van der Waals surface area contributed by atoms with E-state index in [2.05, 4.69) is 5.32 Å². The molecule has 4 aromatic rings. The third-order valence-corrected chi connectivity index (χ3v) is 8.05. The van der Waals surface area contributed by atoms with E-state index in [1.165, 1.54) is 6.07 Å². The van der Waals surface area contributed by atoms with Gasteiger partial charge in [0.1, 0.15) is 11.9 Å². The molecule has 0 saturated heterocycles. The van der Waals surface area contributed by atoms with Crippen LogP contribution in [0, 0.1) is 5.82 Å². The minimum Gasteiger partial charge on any atom is -0.352 e. The zero-order chi connectivity index (χ0) is 28.4. The highest BCUT2D eigenvalue weighted by atomic mass is 19.1. The molecule has 5 rings (SSSR count). The first kappa shape index (κ1) is 28.3. The van der Waals surface area contributed by atoms with Gasteiger partial charge in [-0.3, -0.25) is 9.59 Å². The SMILES string of the molecule is O=C(NC1CCCC1)C(Cc1ccccc1)N(Cc1ccccc1F)C(=O)CC(c1ccccc1)c1ccccc1. The maximum absolute atomic E-state index is 15.0. The number of nitrogens with one attached hydrogen (secondary N) is 1. The van der Waals surface area contributed by atoms with Crippen LogP contribution in [0.5, 0.6) is 0 Å². The number of hydrogen-bond acceptors (Lipinski definition) is 2. The first-order valence-electron chi connectivity index (χ1n) is 14.6. The smallest absolute Gasteiger partial charge is 0.243 e. The van der Waals surface area contributed by atoms with Crippen molar-refractivity contribution in [1.82, 2.24) is 10.2 Å². The maximum atomic E-state index is 15.0. The van der Waals surface area contributed by atoms with Crippen LogP contribution in [-0.2, 0) is 22.6 Å². The van der Waals surface area contributed by atoms with Gasteiger partial charge >= 0.3 is 0 Å². The van der Waals surface area contributed by atoms with E-state index in [0.717, 1.165) is 42.4 Å². The largest absolute Gasteiger partial charge is 0.352 e. The van der Waals surface area contributed by atoms with Crippen molar-refractivity contribution < 1.29 is 14.0 Å². The van der Waals surface area contributed by atoms with E-state index in [1.54, 1.807) is 23.1 Å². The molecule has 0 heterocycles. The van der Waals surface area contributed by atoms with Crippen molar-refractivity contribution in [1.29, 1.82) is 0 Å². The molecule has 210 valence electrons. The third-order valence-electron chi connectivity index (χ3n) is 8.05. The lowest BCUT2D eigenvalue weighted by Crippen LogP contribution is -2.52. The summed E-state index contributed by atoms with van der Waals surface area (Å²) in [7, 11) is 0. The Bertz CT molecular complexity index is 1370. The van der Waals surface area contributed by atoms with Crippen molar-refractivity contribution in [2.75, 3.05) is 0 Å². The van der Waals surface area contributed by atoms with Gasteiger partial charge in [0.2, 0.25) is 11.8 Å². The van der Waals surface area contributed by atoms with Gasteiger partial charge in [0.05, 0.1) is 0 Å². The zero-order valence-electron chi connectivity index (χ0n) is 23.3. The molecule has 1 N–H and O–H groups in total. The Balaban J connectivity index is 1.52. The highest BCUT2D eigenvalue weighted by molar-refractivity contribution is 5.88. The fraction of sp³-hybridized carbons (Fsp3) is 0.278. The second kappa shape index (κ2) is 13.9. The number of carbonyl (C=O) groups is 2. The van der Waals surface area contributed by atoms with Gasteiger partial charge in [0, 0.05) is 36.9 Å². The van der Waals surface area contributed by atoms with E-state index in [9.17, 15) is 14.0 Å². The fourth-order valence-corrected chi connectivity index (χ4v) is 5.82.